The van der Waals surface area contributed by atoms with E-state index in [2.05, 4.69) is 22.9 Å². The minimum atomic E-state index is 0.214. The molecule has 3 rings (SSSR count). The van der Waals surface area contributed by atoms with Crippen LogP contribution in [-0.4, -0.2) is 37.2 Å². The molecule has 0 radical (unpaired) electrons. The lowest BCUT2D eigenvalue weighted by Crippen LogP contribution is -2.35. The van der Waals surface area contributed by atoms with Crippen LogP contribution in [0.1, 0.15) is 18.5 Å². The maximum atomic E-state index is 5.88. The number of ether oxygens (including phenoxy) is 2. The highest BCUT2D eigenvalue weighted by Crippen LogP contribution is 2.35. The van der Waals surface area contributed by atoms with Crippen LogP contribution in [0.5, 0.6) is 11.5 Å². The van der Waals surface area contributed by atoms with E-state index in [4.69, 9.17) is 15.2 Å². The molecule has 1 aromatic carbocycles. The molecule has 0 saturated heterocycles. The van der Waals surface area contributed by atoms with E-state index in [1.54, 1.807) is 0 Å². The molecule has 1 atom stereocenters. The largest absolute Gasteiger partial charge is 0.486 e. The third-order valence-corrected chi connectivity index (χ3v) is 3.39. The van der Waals surface area contributed by atoms with E-state index in [1.807, 2.05) is 12.1 Å². The van der Waals surface area contributed by atoms with E-state index in [1.165, 1.54) is 5.56 Å². The quantitative estimate of drug-likeness (QED) is 0.851. The molecule has 2 heterocycles. The van der Waals surface area contributed by atoms with Crippen molar-refractivity contribution < 1.29 is 9.47 Å². The number of fused-ring (bicyclic) bond motifs is 1. The van der Waals surface area contributed by atoms with Gasteiger partial charge in [0, 0.05) is 6.54 Å². The smallest absolute Gasteiger partial charge is 0.191 e. The fourth-order valence-electron chi connectivity index (χ4n) is 2.46. The summed E-state index contributed by atoms with van der Waals surface area (Å²) in [7, 11) is 0. The first-order chi connectivity index (χ1) is 8.79. The molecule has 0 saturated carbocycles. The topological polar surface area (TPSA) is 60.1 Å². The molecule has 0 bridgehead atoms. The lowest BCUT2D eigenvalue weighted by molar-refractivity contribution is 0.171. The van der Waals surface area contributed by atoms with Crippen molar-refractivity contribution in [3.63, 3.8) is 0 Å². The summed E-state index contributed by atoms with van der Waals surface area (Å²) < 4.78 is 11.1. The minimum absolute atomic E-state index is 0.214. The Labute approximate surface area is 106 Å². The van der Waals surface area contributed by atoms with Crippen molar-refractivity contribution in [3.05, 3.63) is 23.8 Å². The SMILES string of the molecule is CCN1C(N)=NCC1c1ccc2c(c1)OCCO2. The van der Waals surface area contributed by atoms with Gasteiger partial charge in [0.15, 0.2) is 17.5 Å². The summed E-state index contributed by atoms with van der Waals surface area (Å²) in [6.45, 7) is 4.87. The molecule has 2 aliphatic heterocycles. The maximum Gasteiger partial charge on any atom is 0.191 e. The number of likely N-dealkylation sites (N-methyl/N-ethyl adjacent to an activating group) is 1. The molecule has 1 aromatic rings. The van der Waals surface area contributed by atoms with Gasteiger partial charge >= 0.3 is 0 Å². The molecule has 0 spiro atoms. The van der Waals surface area contributed by atoms with Crippen LogP contribution in [0.3, 0.4) is 0 Å². The van der Waals surface area contributed by atoms with Crippen molar-refractivity contribution in [1.29, 1.82) is 0 Å². The highest BCUT2D eigenvalue weighted by atomic mass is 16.6. The highest BCUT2D eigenvalue weighted by molar-refractivity contribution is 5.80. The van der Waals surface area contributed by atoms with Crippen LogP contribution in [0.4, 0.5) is 0 Å². The number of nitrogens with zero attached hydrogens (tertiary/aromatic N) is 2. The molecule has 96 valence electrons. The Bertz CT molecular complexity index is 487. The molecular formula is C13H17N3O2. The third-order valence-electron chi connectivity index (χ3n) is 3.39. The van der Waals surface area contributed by atoms with Crippen molar-refractivity contribution in [2.24, 2.45) is 10.7 Å². The first-order valence-electron chi connectivity index (χ1n) is 6.25. The van der Waals surface area contributed by atoms with Gasteiger partial charge in [-0.05, 0) is 24.6 Å². The van der Waals surface area contributed by atoms with E-state index < -0.39 is 0 Å². The summed E-state index contributed by atoms with van der Waals surface area (Å²) in [6.07, 6.45) is 0. The Morgan fingerprint density at radius 3 is 2.89 bits per heavy atom. The standard InChI is InChI=1S/C13H17N3O2/c1-2-16-10(8-15-13(16)14)9-3-4-11-12(7-9)18-6-5-17-11/h3-4,7,10H,2,5-6,8H2,1H3,(H2,14,15). The average Bonchev–Trinajstić information content (AvgIpc) is 2.79. The second kappa shape index (κ2) is 4.40. The van der Waals surface area contributed by atoms with Gasteiger partial charge in [0.25, 0.3) is 0 Å². The van der Waals surface area contributed by atoms with Crippen LogP contribution in [0, 0.1) is 0 Å². The lowest BCUT2D eigenvalue weighted by atomic mass is 10.1. The van der Waals surface area contributed by atoms with E-state index in [9.17, 15) is 0 Å². The molecule has 0 aliphatic carbocycles. The monoisotopic (exact) mass is 247 g/mol. The van der Waals surface area contributed by atoms with Crippen LogP contribution < -0.4 is 15.2 Å². The average molecular weight is 247 g/mol. The van der Waals surface area contributed by atoms with Crippen LogP contribution in [0.15, 0.2) is 23.2 Å². The molecule has 18 heavy (non-hydrogen) atoms. The predicted octanol–water partition coefficient (Wildman–Crippen LogP) is 1.15. The Morgan fingerprint density at radius 2 is 2.11 bits per heavy atom. The number of nitrogens with two attached hydrogens (primary N) is 1. The molecule has 2 N–H and O–H groups in total. The molecule has 5 nitrogen and oxygen atoms in total. The van der Waals surface area contributed by atoms with Crippen molar-refractivity contribution in [1.82, 2.24) is 4.90 Å². The maximum absolute atomic E-state index is 5.88. The Morgan fingerprint density at radius 1 is 1.33 bits per heavy atom. The van der Waals surface area contributed by atoms with E-state index in [0.29, 0.717) is 25.7 Å². The van der Waals surface area contributed by atoms with Gasteiger partial charge in [-0.1, -0.05) is 6.07 Å². The van der Waals surface area contributed by atoms with Crippen LogP contribution in [-0.2, 0) is 0 Å². The van der Waals surface area contributed by atoms with Gasteiger partial charge in [-0.3, -0.25) is 4.99 Å². The summed E-state index contributed by atoms with van der Waals surface area (Å²) in [5.41, 5.74) is 7.05. The van der Waals surface area contributed by atoms with Crippen LogP contribution in [0.25, 0.3) is 0 Å². The van der Waals surface area contributed by atoms with E-state index in [-0.39, 0.29) is 6.04 Å². The first-order valence-corrected chi connectivity index (χ1v) is 6.25. The predicted molar refractivity (Wildman–Crippen MR) is 69.0 cm³/mol. The Balaban J connectivity index is 1.89. The Kier molecular flexibility index (Phi) is 2.74. The van der Waals surface area contributed by atoms with Crippen molar-refractivity contribution in [2.75, 3.05) is 26.3 Å². The summed E-state index contributed by atoms with van der Waals surface area (Å²) in [5.74, 6) is 2.26. The van der Waals surface area contributed by atoms with Gasteiger partial charge < -0.3 is 20.1 Å². The summed E-state index contributed by atoms with van der Waals surface area (Å²) in [6, 6.07) is 6.28. The highest BCUT2D eigenvalue weighted by Gasteiger charge is 2.27. The summed E-state index contributed by atoms with van der Waals surface area (Å²) in [5, 5.41) is 0. The van der Waals surface area contributed by atoms with Gasteiger partial charge in [0.05, 0.1) is 12.6 Å². The zero-order valence-electron chi connectivity index (χ0n) is 10.4. The van der Waals surface area contributed by atoms with Gasteiger partial charge in [-0.15, -0.1) is 0 Å². The number of hydrogen-bond donors (Lipinski definition) is 1. The zero-order chi connectivity index (χ0) is 12.5. The number of rotatable bonds is 2. The summed E-state index contributed by atoms with van der Waals surface area (Å²) >= 11 is 0. The fourth-order valence-corrected chi connectivity index (χ4v) is 2.46. The van der Waals surface area contributed by atoms with Gasteiger partial charge in [0.1, 0.15) is 13.2 Å². The number of guanidine groups is 1. The molecule has 5 heteroatoms. The Hall–Kier alpha value is -1.91. The molecule has 0 aromatic heterocycles. The number of benzene rings is 1. The fraction of sp³-hybridized carbons (Fsp3) is 0.462. The molecular weight excluding hydrogens is 230 g/mol. The van der Waals surface area contributed by atoms with E-state index >= 15 is 0 Å². The number of hydrogen-bond acceptors (Lipinski definition) is 5. The normalized spacial score (nSPS) is 21.9. The van der Waals surface area contributed by atoms with Crippen molar-refractivity contribution >= 4 is 5.96 Å². The van der Waals surface area contributed by atoms with Gasteiger partial charge in [0.2, 0.25) is 0 Å². The van der Waals surface area contributed by atoms with Crippen molar-refractivity contribution in [3.8, 4) is 11.5 Å². The van der Waals surface area contributed by atoms with Gasteiger partial charge in [-0.25, -0.2) is 0 Å². The molecule has 0 fully saturated rings. The van der Waals surface area contributed by atoms with E-state index in [0.717, 1.165) is 18.0 Å². The number of aliphatic imine (C=N–C) groups is 1. The second-order valence-electron chi connectivity index (χ2n) is 4.40. The zero-order valence-corrected chi connectivity index (χ0v) is 10.4. The summed E-state index contributed by atoms with van der Waals surface area (Å²) in [4.78, 5) is 6.41. The van der Waals surface area contributed by atoms with Crippen LogP contribution >= 0.6 is 0 Å². The van der Waals surface area contributed by atoms with Crippen molar-refractivity contribution in [2.45, 2.75) is 13.0 Å². The molecule has 0 amide bonds. The second-order valence-corrected chi connectivity index (χ2v) is 4.40. The van der Waals surface area contributed by atoms with Gasteiger partial charge in [-0.2, -0.15) is 0 Å². The third kappa shape index (κ3) is 1.75. The molecule has 2 aliphatic rings. The first kappa shape index (κ1) is 11.2. The minimum Gasteiger partial charge on any atom is -0.486 e. The molecule has 1 unspecified atom stereocenters. The van der Waals surface area contributed by atoms with Crippen LogP contribution in [0.2, 0.25) is 0 Å². The lowest BCUT2D eigenvalue weighted by Gasteiger charge is -2.26.